The highest BCUT2D eigenvalue weighted by atomic mass is 16.2. The van der Waals surface area contributed by atoms with Gasteiger partial charge in [0.15, 0.2) is 5.69 Å². The first-order valence-electron chi connectivity index (χ1n) is 11.7. The number of hydrogen-bond donors (Lipinski definition) is 1. The molecule has 1 aromatic heterocycles. The fourth-order valence-electron chi connectivity index (χ4n) is 5.06. The van der Waals surface area contributed by atoms with E-state index >= 15 is 0 Å². The minimum Gasteiger partial charge on any atom is -0.343 e. The van der Waals surface area contributed by atoms with Gasteiger partial charge in [0.25, 0.3) is 5.91 Å². The highest BCUT2D eigenvalue weighted by Gasteiger charge is 2.30. The second-order valence-electron chi connectivity index (χ2n) is 9.27. The van der Waals surface area contributed by atoms with E-state index in [1.165, 1.54) is 61.8 Å². The summed E-state index contributed by atoms with van der Waals surface area (Å²) < 4.78 is 2.08. The summed E-state index contributed by atoms with van der Waals surface area (Å²) in [7, 11) is 3.63. The number of amides is 1. The molecule has 30 heavy (non-hydrogen) atoms. The number of nitrogens with one attached hydrogen (secondary N) is 1. The molecule has 1 fully saturated rings. The lowest BCUT2D eigenvalue weighted by atomic mass is 9.89. The average molecular weight is 409 g/mol. The number of carbonyl (C=O) groups excluding carboxylic acids is 1. The number of carbonyl (C=O) groups is 1. The van der Waals surface area contributed by atoms with Crippen molar-refractivity contribution in [1.82, 2.24) is 20.0 Å². The molecule has 4 rings (SSSR count). The molecule has 0 spiro atoms. The van der Waals surface area contributed by atoms with Gasteiger partial charge in [-0.1, -0.05) is 62.4 Å². The summed E-state index contributed by atoms with van der Waals surface area (Å²) in [6.45, 7) is 0.727. The SMILES string of the molecule is CN(C)C(=O)c1nn(Cc2ccccc2)c2c1CC(NC1CCCCCCC1)CC2. The van der Waals surface area contributed by atoms with E-state index in [9.17, 15) is 4.79 Å². The first-order chi connectivity index (χ1) is 14.6. The van der Waals surface area contributed by atoms with E-state index in [-0.39, 0.29) is 5.91 Å². The van der Waals surface area contributed by atoms with Crippen LogP contribution in [0.2, 0.25) is 0 Å². The zero-order chi connectivity index (χ0) is 20.9. The maximum atomic E-state index is 12.9. The summed E-state index contributed by atoms with van der Waals surface area (Å²) in [5, 5.41) is 8.77. The monoisotopic (exact) mass is 408 g/mol. The van der Waals surface area contributed by atoms with Gasteiger partial charge in [0, 0.05) is 37.4 Å². The Hall–Kier alpha value is -2.14. The Balaban J connectivity index is 1.54. The summed E-state index contributed by atoms with van der Waals surface area (Å²) in [5.41, 5.74) is 4.29. The molecule has 0 radical (unpaired) electrons. The number of rotatable bonds is 5. The predicted octanol–water partition coefficient (Wildman–Crippen LogP) is 4.19. The van der Waals surface area contributed by atoms with Gasteiger partial charge in [0.05, 0.1) is 6.54 Å². The van der Waals surface area contributed by atoms with Gasteiger partial charge in [-0.2, -0.15) is 5.10 Å². The lowest BCUT2D eigenvalue weighted by molar-refractivity contribution is 0.0820. The van der Waals surface area contributed by atoms with Crippen molar-refractivity contribution in [2.45, 2.75) is 82.8 Å². The zero-order valence-corrected chi connectivity index (χ0v) is 18.6. The Labute approximate surface area is 180 Å². The van der Waals surface area contributed by atoms with Crippen LogP contribution in [0, 0.1) is 0 Å². The first-order valence-corrected chi connectivity index (χ1v) is 11.7. The molecule has 5 heteroatoms. The smallest absolute Gasteiger partial charge is 0.274 e. The summed E-state index contributed by atoms with van der Waals surface area (Å²) in [6.07, 6.45) is 12.4. The highest BCUT2D eigenvalue weighted by molar-refractivity contribution is 5.93. The predicted molar refractivity (Wildman–Crippen MR) is 121 cm³/mol. The number of nitrogens with zero attached hydrogens (tertiary/aromatic N) is 3. The van der Waals surface area contributed by atoms with Crippen LogP contribution in [0.25, 0.3) is 0 Å². The topological polar surface area (TPSA) is 50.2 Å². The van der Waals surface area contributed by atoms with E-state index < -0.39 is 0 Å². The van der Waals surface area contributed by atoms with Gasteiger partial charge in [-0.25, -0.2) is 0 Å². The number of benzene rings is 1. The molecule has 1 aromatic carbocycles. The molecule has 162 valence electrons. The van der Waals surface area contributed by atoms with Crippen molar-refractivity contribution in [3.8, 4) is 0 Å². The number of aromatic nitrogens is 2. The van der Waals surface area contributed by atoms with Gasteiger partial charge in [-0.3, -0.25) is 9.48 Å². The molecule has 1 saturated carbocycles. The summed E-state index contributed by atoms with van der Waals surface area (Å²) in [5.74, 6) is 0.0182. The molecule has 1 heterocycles. The van der Waals surface area contributed by atoms with Crippen molar-refractivity contribution in [3.63, 3.8) is 0 Å². The largest absolute Gasteiger partial charge is 0.343 e. The molecular formula is C25H36N4O. The zero-order valence-electron chi connectivity index (χ0n) is 18.6. The van der Waals surface area contributed by atoms with Gasteiger partial charge in [-0.15, -0.1) is 0 Å². The van der Waals surface area contributed by atoms with E-state index in [4.69, 9.17) is 5.10 Å². The second-order valence-corrected chi connectivity index (χ2v) is 9.27. The Morgan fingerprint density at radius 2 is 1.73 bits per heavy atom. The summed E-state index contributed by atoms with van der Waals surface area (Å²) in [6, 6.07) is 11.5. The van der Waals surface area contributed by atoms with Crippen LogP contribution < -0.4 is 5.32 Å². The van der Waals surface area contributed by atoms with Crippen molar-refractivity contribution in [2.75, 3.05) is 14.1 Å². The lowest BCUT2D eigenvalue weighted by Crippen LogP contribution is -2.42. The molecule has 2 aromatic rings. The Morgan fingerprint density at radius 3 is 2.43 bits per heavy atom. The van der Waals surface area contributed by atoms with Crippen LogP contribution in [0.1, 0.15) is 78.7 Å². The van der Waals surface area contributed by atoms with Gasteiger partial charge in [0.1, 0.15) is 0 Å². The maximum absolute atomic E-state index is 12.9. The molecule has 0 bridgehead atoms. The van der Waals surface area contributed by atoms with Crippen molar-refractivity contribution in [1.29, 1.82) is 0 Å². The molecule has 0 aliphatic heterocycles. The number of fused-ring (bicyclic) bond motifs is 1. The first kappa shape index (κ1) is 21.1. The molecule has 5 nitrogen and oxygen atoms in total. The highest BCUT2D eigenvalue weighted by Crippen LogP contribution is 2.28. The van der Waals surface area contributed by atoms with Crippen molar-refractivity contribution in [3.05, 3.63) is 52.8 Å². The molecule has 2 aliphatic rings. The van der Waals surface area contributed by atoms with E-state index in [0.29, 0.717) is 17.8 Å². The standard InChI is InChI=1S/C25H36N4O/c1-28(2)25(30)24-22-17-21(26-20-13-9-4-3-5-10-14-20)15-16-23(22)29(27-24)18-19-11-7-6-8-12-19/h6-8,11-12,20-21,26H,3-5,9-10,13-18H2,1-2H3. The van der Waals surface area contributed by atoms with Gasteiger partial charge < -0.3 is 10.2 Å². The quantitative estimate of drug-likeness (QED) is 0.807. The van der Waals surface area contributed by atoms with E-state index in [1.807, 2.05) is 20.2 Å². The maximum Gasteiger partial charge on any atom is 0.274 e. The van der Waals surface area contributed by atoms with E-state index in [2.05, 4.69) is 34.3 Å². The molecule has 1 N–H and O–H groups in total. The normalized spacial score (nSPS) is 20.3. The fourth-order valence-corrected chi connectivity index (χ4v) is 5.06. The van der Waals surface area contributed by atoms with Crippen molar-refractivity contribution in [2.24, 2.45) is 0 Å². The number of hydrogen-bond acceptors (Lipinski definition) is 3. The Bertz CT molecular complexity index is 834. The Kier molecular flexibility index (Phi) is 6.88. The third-order valence-corrected chi connectivity index (χ3v) is 6.71. The fraction of sp³-hybridized carbons (Fsp3) is 0.600. The van der Waals surface area contributed by atoms with Gasteiger partial charge in [0.2, 0.25) is 0 Å². The average Bonchev–Trinajstić information content (AvgIpc) is 3.07. The van der Waals surface area contributed by atoms with Crippen LogP contribution in [0.15, 0.2) is 30.3 Å². The summed E-state index contributed by atoms with van der Waals surface area (Å²) >= 11 is 0. The van der Waals surface area contributed by atoms with E-state index in [1.54, 1.807) is 4.90 Å². The Morgan fingerprint density at radius 1 is 1.03 bits per heavy atom. The summed E-state index contributed by atoms with van der Waals surface area (Å²) in [4.78, 5) is 14.5. The van der Waals surface area contributed by atoms with Crippen LogP contribution in [0.5, 0.6) is 0 Å². The van der Waals surface area contributed by atoms with Crippen LogP contribution in [-0.4, -0.2) is 46.8 Å². The van der Waals surface area contributed by atoms with Gasteiger partial charge >= 0.3 is 0 Å². The third kappa shape index (κ3) is 4.94. The minimum absolute atomic E-state index is 0.0182. The molecule has 0 saturated heterocycles. The molecule has 1 unspecified atom stereocenters. The van der Waals surface area contributed by atoms with Gasteiger partial charge in [-0.05, 0) is 37.7 Å². The lowest BCUT2D eigenvalue weighted by Gasteiger charge is -2.30. The van der Waals surface area contributed by atoms with Crippen LogP contribution in [0.4, 0.5) is 0 Å². The second kappa shape index (κ2) is 9.78. The van der Waals surface area contributed by atoms with Crippen molar-refractivity contribution < 1.29 is 4.79 Å². The molecule has 2 aliphatic carbocycles. The van der Waals surface area contributed by atoms with Crippen LogP contribution in [-0.2, 0) is 19.4 Å². The minimum atomic E-state index is 0.0182. The van der Waals surface area contributed by atoms with Crippen LogP contribution >= 0.6 is 0 Å². The van der Waals surface area contributed by atoms with Crippen molar-refractivity contribution >= 4 is 5.91 Å². The van der Waals surface area contributed by atoms with Crippen LogP contribution in [0.3, 0.4) is 0 Å². The van der Waals surface area contributed by atoms with E-state index in [0.717, 1.165) is 25.8 Å². The molecular weight excluding hydrogens is 372 g/mol. The third-order valence-electron chi connectivity index (χ3n) is 6.71. The molecule has 1 amide bonds. The molecule has 1 atom stereocenters.